The molecule has 0 bridgehead atoms. The SMILES string of the molecule is CCCC(O)CNC(=O)c1ccc(C(F)(F)F)cc1. The topological polar surface area (TPSA) is 49.3 Å². The van der Waals surface area contributed by atoms with E-state index in [0.717, 1.165) is 30.7 Å². The summed E-state index contributed by atoms with van der Waals surface area (Å²) in [7, 11) is 0. The molecule has 0 saturated carbocycles. The van der Waals surface area contributed by atoms with Gasteiger partial charge in [-0.05, 0) is 30.7 Å². The van der Waals surface area contributed by atoms with Crippen LogP contribution in [0.25, 0.3) is 0 Å². The van der Waals surface area contributed by atoms with E-state index in [4.69, 9.17) is 0 Å². The number of halogens is 3. The highest BCUT2D eigenvalue weighted by molar-refractivity contribution is 5.94. The normalized spacial score (nSPS) is 13.1. The van der Waals surface area contributed by atoms with E-state index in [1.165, 1.54) is 0 Å². The third kappa shape index (κ3) is 4.90. The minimum atomic E-state index is -4.41. The Hall–Kier alpha value is -1.56. The Morgan fingerprint density at radius 1 is 1.32 bits per heavy atom. The number of benzene rings is 1. The Kier molecular flexibility index (Phi) is 5.35. The fourth-order valence-corrected chi connectivity index (χ4v) is 1.56. The molecular formula is C13H16F3NO2. The molecule has 0 aromatic heterocycles. The molecular weight excluding hydrogens is 259 g/mol. The summed E-state index contributed by atoms with van der Waals surface area (Å²) in [5.41, 5.74) is -0.660. The van der Waals surface area contributed by atoms with Gasteiger partial charge in [0.25, 0.3) is 5.91 Å². The third-order valence-electron chi connectivity index (χ3n) is 2.59. The largest absolute Gasteiger partial charge is 0.416 e. The first-order valence-electron chi connectivity index (χ1n) is 5.98. The highest BCUT2D eigenvalue weighted by atomic mass is 19.4. The number of hydrogen-bond acceptors (Lipinski definition) is 2. The van der Waals surface area contributed by atoms with Crippen LogP contribution >= 0.6 is 0 Å². The maximum atomic E-state index is 12.3. The van der Waals surface area contributed by atoms with Crippen LogP contribution in [-0.4, -0.2) is 23.7 Å². The third-order valence-corrected chi connectivity index (χ3v) is 2.59. The van der Waals surface area contributed by atoms with Gasteiger partial charge in [-0.2, -0.15) is 13.2 Å². The summed E-state index contributed by atoms with van der Waals surface area (Å²) in [5, 5.41) is 11.9. The number of carbonyl (C=O) groups excluding carboxylic acids is 1. The van der Waals surface area contributed by atoms with Crippen molar-refractivity contribution in [2.75, 3.05) is 6.54 Å². The van der Waals surface area contributed by atoms with Crippen molar-refractivity contribution in [3.05, 3.63) is 35.4 Å². The monoisotopic (exact) mass is 275 g/mol. The van der Waals surface area contributed by atoms with Crippen LogP contribution in [0.5, 0.6) is 0 Å². The lowest BCUT2D eigenvalue weighted by atomic mass is 10.1. The Morgan fingerprint density at radius 3 is 2.37 bits per heavy atom. The molecule has 0 aliphatic heterocycles. The van der Waals surface area contributed by atoms with Gasteiger partial charge in [0.05, 0.1) is 11.7 Å². The number of rotatable bonds is 5. The predicted molar refractivity (Wildman–Crippen MR) is 64.7 cm³/mol. The molecule has 0 aliphatic rings. The van der Waals surface area contributed by atoms with Crippen molar-refractivity contribution in [1.82, 2.24) is 5.32 Å². The molecule has 1 aromatic carbocycles. The second-order valence-electron chi connectivity index (χ2n) is 4.23. The molecule has 0 radical (unpaired) electrons. The van der Waals surface area contributed by atoms with Crippen molar-refractivity contribution in [3.63, 3.8) is 0 Å². The predicted octanol–water partition coefficient (Wildman–Crippen LogP) is 2.60. The molecule has 0 spiro atoms. The minimum absolute atomic E-state index is 0.0910. The standard InChI is InChI=1S/C13H16F3NO2/c1-2-3-11(18)8-17-12(19)9-4-6-10(7-5-9)13(14,15)16/h4-7,11,18H,2-3,8H2,1H3,(H,17,19). The second kappa shape index (κ2) is 6.56. The first kappa shape index (κ1) is 15.5. The first-order valence-corrected chi connectivity index (χ1v) is 5.98. The first-order chi connectivity index (χ1) is 8.84. The van der Waals surface area contributed by atoms with E-state index < -0.39 is 23.8 Å². The van der Waals surface area contributed by atoms with Crippen LogP contribution in [0.15, 0.2) is 24.3 Å². The van der Waals surface area contributed by atoms with Gasteiger partial charge in [-0.3, -0.25) is 4.79 Å². The summed E-state index contributed by atoms with van der Waals surface area (Å²) in [4.78, 5) is 11.6. The number of hydrogen-bond donors (Lipinski definition) is 2. The van der Waals surface area contributed by atoms with Gasteiger partial charge in [0.1, 0.15) is 0 Å². The van der Waals surface area contributed by atoms with Crippen LogP contribution in [0, 0.1) is 0 Å². The van der Waals surface area contributed by atoms with Crippen molar-refractivity contribution in [1.29, 1.82) is 0 Å². The lowest BCUT2D eigenvalue weighted by Gasteiger charge is -2.11. The number of aliphatic hydroxyl groups is 1. The Balaban J connectivity index is 2.59. The summed E-state index contributed by atoms with van der Waals surface area (Å²) < 4.78 is 37.0. The van der Waals surface area contributed by atoms with E-state index in [-0.39, 0.29) is 12.1 Å². The van der Waals surface area contributed by atoms with E-state index in [9.17, 15) is 23.1 Å². The molecule has 1 amide bonds. The zero-order chi connectivity index (χ0) is 14.5. The van der Waals surface area contributed by atoms with Crippen LogP contribution < -0.4 is 5.32 Å². The number of amides is 1. The molecule has 1 rings (SSSR count). The van der Waals surface area contributed by atoms with Gasteiger partial charge in [-0.15, -0.1) is 0 Å². The summed E-state index contributed by atoms with van der Waals surface area (Å²) in [6.07, 6.45) is -3.69. The lowest BCUT2D eigenvalue weighted by Crippen LogP contribution is -2.32. The Bertz CT molecular complexity index is 415. The van der Waals surface area contributed by atoms with Crippen LogP contribution in [-0.2, 0) is 6.18 Å². The maximum absolute atomic E-state index is 12.3. The maximum Gasteiger partial charge on any atom is 0.416 e. The van der Waals surface area contributed by atoms with Gasteiger partial charge in [-0.25, -0.2) is 0 Å². The van der Waals surface area contributed by atoms with E-state index >= 15 is 0 Å². The number of aliphatic hydroxyl groups excluding tert-OH is 1. The fraction of sp³-hybridized carbons (Fsp3) is 0.462. The summed E-state index contributed by atoms with van der Waals surface area (Å²) in [6, 6.07) is 3.95. The van der Waals surface area contributed by atoms with Crippen LogP contribution in [0.3, 0.4) is 0 Å². The van der Waals surface area contributed by atoms with Gasteiger partial charge >= 0.3 is 6.18 Å². The zero-order valence-corrected chi connectivity index (χ0v) is 10.5. The highest BCUT2D eigenvalue weighted by Gasteiger charge is 2.30. The van der Waals surface area contributed by atoms with Gasteiger partial charge in [-0.1, -0.05) is 13.3 Å². The molecule has 1 atom stereocenters. The fourth-order valence-electron chi connectivity index (χ4n) is 1.56. The molecule has 1 unspecified atom stereocenters. The van der Waals surface area contributed by atoms with E-state index in [2.05, 4.69) is 5.32 Å². The second-order valence-corrected chi connectivity index (χ2v) is 4.23. The molecule has 0 aliphatic carbocycles. The molecule has 2 N–H and O–H groups in total. The molecule has 106 valence electrons. The van der Waals surface area contributed by atoms with Crippen LogP contribution in [0.1, 0.15) is 35.7 Å². The molecule has 0 saturated heterocycles. The average molecular weight is 275 g/mol. The van der Waals surface area contributed by atoms with Crippen LogP contribution in [0.2, 0.25) is 0 Å². The summed E-state index contributed by atoms with van der Waals surface area (Å²) >= 11 is 0. The smallest absolute Gasteiger partial charge is 0.391 e. The average Bonchev–Trinajstić information content (AvgIpc) is 2.35. The molecule has 0 heterocycles. The molecule has 19 heavy (non-hydrogen) atoms. The van der Waals surface area contributed by atoms with Crippen LogP contribution in [0.4, 0.5) is 13.2 Å². The van der Waals surface area contributed by atoms with Crippen molar-refractivity contribution in [3.8, 4) is 0 Å². The number of alkyl halides is 3. The molecule has 1 aromatic rings. The van der Waals surface area contributed by atoms with Gasteiger partial charge < -0.3 is 10.4 Å². The zero-order valence-electron chi connectivity index (χ0n) is 10.5. The summed E-state index contributed by atoms with van der Waals surface area (Å²) in [5.74, 6) is -0.496. The highest BCUT2D eigenvalue weighted by Crippen LogP contribution is 2.28. The van der Waals surface area contributed by atoms with Crippen molar-refractivity contribution >= 4 is 5.91 Å². The van der Waals surface area contributed by atoms with Gasteiger partial charge in [0.2, 0.25) is 0 Å². The quantitative estimate of drug-likeness (QED) is 0.867. The minimum Gasteiger partial charge on any atom is -0.391 e. The van der Waals surface area contributed by atoms with E-state index in [0.29, 0.717) is 6.42 Å². The van der Waals surface area contributed by atoms with Crippen molar-refractivity contribution in [2.24, 2.45) is 0 Å². The molecule has 6 heteroatoms. The van der Waals surface area contributed by atoms with E-state index in [1.54, 1.807) is 0 Å². The molecule has 3 nitrogen and oxygen atoms in total. The van der Waals surface area contributed by atoms with Crippen molar-refractivity contribution < 1.29 is 23.1 Å². The Morgan fingerprint density at radius 2 is 1.89 bits per heavy atom. The van der Waals surface area contributed by atoms with Crippen molar-refractivity contribution in [2.45, 2.75) is 32.0 Å². The molecule has 0 fully saturated rings. The van der Waals surface area contributed by atoms with Gasteiger partial charge in [0, 0.05) is 12.1 Å². The Labute approximate surface area is 109 Å². The number of carbonyl (C=O) groups is 1. The lowest BCUT2D eigenvalue weighted by molar-refractivity contribution is -0.137. The van der Waals surface area contributed by atoms with E-state index in [1.807, 2.05) is 6.92 Å². The number of nitrogens with one attached hydrogen (secondary N) is 1. The summed E-state index contributed by atoms with van der Waals surface area (Å²) in [6.45, 7) is 1.99. The van der Waals surface area contributed by atoms with Gasteiger partial charge in [0.15, 0.2) is 0 Å².